The highest BCUT2D eigenvalue weighted by atomic mass is 35.5. The summed E-state index contributed by atoms with van der Waals surface area (Å²) in [6, 6.07) is 31.4. The van der Waals surface area contributed by atoms with E-state index in [4.69, 9.17) is 16.3 Å². The highest BCUT2D eigenvalue weighted by Crippen LogP contribution is 2.22. The Balaban J connectivity index is 1.22. The van der Waals surface area contributed by atoms with Gasteiger partial charge >= 0.3 is 0 Å². The summed E-state index contributed by atoms with van der Waals surface area (Å²) in [6.45, 7) is 0.486. The van der Waals surface area contributed by atoms with Crippen molar-refractivity contribution < 1.29 is 9.53 Å². The number of hydrogen-bond donors (Lipinski definition) is 1. The molecule has 0 saturated carbocycles. The lowest BCUT2D eigenvalue weighted by Crippen LogP contribution is -2.24. The van der Waals surface area contributed by atoms with Crippen molar-refractivity contribution in [3.63, 3.8) is 0 Å². The van der Waals surface area contributed by atoms with Gasteiger partial charge in [-0.05, 0) is 71.8 Å². The smallest absolute Gasteiger partial charge is 0.266 e. The van der Waals surface area contributed by atoms with E-state index in [1.165, 1.54) is 4.57 Å². The average Bonchev–Trinajstić information content (AvgIpc) is 2.97. The second-order valence-electron chi connectivity index (χ2n) is 8.45. The molecule has 0 saturated heterocycles. The van der Waals surface area contributed by atoms with Crippen LogP contribution >= 0.6 is 23.4 Å². The van der Waals surface area contributed by atoms with Crippen LogP contribution in [0.2, 0.25) is 5.02 Å². The lowest BCUT2D eigenvalue weighted by Gasteiger charge is -2.13. The maximum Gasteiger partial charge on any atom is 0.266 e. The number of benzene rings is 4. The number of hydrogen-bond acceptors (Lipinski definition) is 6. The number of fused-ring (bicyclic) bond motifs is 1. The van der Waals surface area contributed by atoms with Crippen molar-refractivity contribution in [2.45, 2.75) is 11.8 Å². The largest absolute Gasteiger partial charge is 0.489 e. The Labute approximate surface area is 234 Å². The summed E-state index contributed by atoms with van der Waals surface area (Å²) in [4.78, 5) is 30.5. The molecule has 0 fully saturated rings. The van der Waals surface area contributed by atoms with Crippen LogP contribution in [0.1, 0.15) is 11.1 Å². The standard InChI is InChI=1S/C30H23ClN4O3S/c31-23-12-14-24(15-13-23)35-29(37)26-8-4-5-9-27(26)33-30(35)39-20-28(36)34-32-18-21-10-16-25(17-11-21)38-19-22-6-2-1-3-7-22/h1-18H,19-20H2,(H,34,36)/b32-18+. The van der Waals surface area contributed by atoms with Gasteiger partial charge in [-0.1, -0.05) is 65.8 Å². The van der Waals surface area contributed by atoms with E-state index in [2.05, 4.69) is 15.5 Å². The van der Waals surface area contributed by atoms with Gasteiger partial charge in [-0.2, -0.15) is 5.10 Å². The molecule has 0 unspecified atom stereocenters. The lowest BCUT2D eigenvalue weighted by molar-refractivity contribution is -0.118. The lowest BCUT2D eigenvalue weighted by atomic mass is 10.2. The number of para-hydroxylation sites is 1. The number of nitrogens with one attached hydrogen (secondary N) is 1. The van der Waals surface area contributed by atoms with Gasteiger partial charge in [0, 0.05) is 5.02 Å². The number of aromatic nitrogens is 2. The zero-order valence-electron chi connectivity index (χ0n) is 20.7. The molecule has 0 atom stereocenters. The predicted octanol–water partition coefficient (Wildman–Crippen LogP) is 5.86. The summed E-state index contributed by atoms with van der Waals surface area (Å²) in [6.07, 6.45) is 1.56. The van der Waals surface area contributed by atoms with Gasteiger partial charge in [0.2, 0.25) is 0 Å². The fraction of sp³-hybridized carbons (Fsp3) is 0.0667. The Morgan fingerprint density at radius 2 is 1.67 bits per heavy atom. The number of carbonyl (C=O) groups excluding carboxylic acids is 1. The SMILES string of the molecule is O=C(CSc1nc2ccccc2c(=O)n1-c1ccc(Cl)cc1)N/N=C/c1ccc(OCc2ccccc2)cc1. The van der Waals surface area contributed by atoms with Crippen molar-refractivity contribution in [1.29, 1.82) is 0 Å². The number of thioether (sulfide) groups is 1. The fourth-order valence-corrected chi connectivity index (χ4v) is 4.69. The van der Waals surface area contributed by atoms with Crippen LogP contribution in [-0.4, -0.2) is 27.4 Å². The molecule has 5 aromatic rings. The molecule has 0 radical (unpaired) electrons. The van der Waals surface area contributed by atoms with E-state index >= 15 is 0 Å². The van der Waals surface area contributed by atoms with Crippen LogP contribution in [0.4, 0.5) is 0 Å². The van der Waals surface area contributed by atoms with E-state index in [1.807, 2.05) is 60.7 Å². The predicted molar refractivity (Wildman–Crippen MR) is 156 cm³/mol. The Hall–Kier alpha value is -4.40. The van der Waals surface area contributed by atoms with E-state index in [0.717, 1.165) is 28.6 Å². The molecule has 0 aliphatic rings. The first kappa shape index (κ1) is 26.2. The van der Waals surface area contributed by atoms with Gasteiger partial charge in [0.15, 0.2) is 5.16 Å². The first-order valence-electron chi connectivity index (χ1n) is 12.1. The number of nitrogens with zero attached hydrogens (tertiary/aromatic N) is 3. The van der Waals surface area contributed by atoms with Crippen molar-refractivity contribution in [3.8, 4) is 11.4 Å². The van der Waals surface area contributed by atoms with E-state index in [9.17, 15) is 9.59 Å². The molecular weight excluding hydrogens is 532 g/mol. The van der Waals surface area contributed by atoms with Gasteiger partial charge in [-0.3, -0.25) is 14.2 Å². The Morgan fingerprint density at radius 1 is 0.949 bits per heavy atom. The summed E-state index contributed by atoms with van der Waals surface area (Å²) in [5, 5.41) is 5.49. The summed E-state index contributed by atoms with van der Waals surface area (Å²) in [5.41, 5.74) is 5.37. The fourth-order valence-electron chi connectivity index (χ4n) is 3.76. The molecule has 39 heavy (non-hydrogen) atoms. The third kappa shape index (κ3) is 6.73. The van der Waals surface area contributed by atoms with Gasteiger partial charge in [-0.15, -0.1) is 0 Å². The molecule has 1 N–H and O–H groups in total. The number of ether oxygens (including phenoxy) is 1. The molecule has 0 spiro atoms. The second-order valence-corrected chi connectivity index (χ2v) is 9.83. The zero-order chi connectivity index (χ0) is 27.0. The van der Waals surface area contributed by atoms with Crippen molar-refractivity contribution in [1.82, 2.24) is 15.0 Å². The summed E-state index contributed by atoms with van der Waals surface area (Å²) < 4.78 is 7.28. The van der Waals surface area contributed by atoms with Gasteiger partial charge in [0.25, 0.3) is 11.5 Å². The minimum Gasteiger partial charge on any atom is -0.489 e. The highest BCUT2D eigenvalue weighted by Gasteiger charge is 2.14. The van der Waals surface area contributed by atoms with Crippen LogP contribution in [0.25, 0.3) is 16.6 Å². The second kappa shape index (κ2) is 12.4. The van der Waals surface area contributed by atoms with Crippen LogP contribution in [0.15, 0.2) is 118 Å². The summed E-state index contributed by atoms with van der Waals surface area (Å²) in [5.74, 6) is 0.428. The molecule has 0 aliphatic heterocycles. The molecule has 194 valence electrons. The van der Waals surface area contributed by atoms with Gasteiger partial charge in [0.05, 0.1) is 28.6 Å². The maximum atomic E-state index is 13.3. The molecule has 4 aromatic carbocycles. The Morgan fingerprint density at radius 3 is 2.44 bits per heavy atom. The molecule has 7 nitrogen and oxygen atoms in total. The molecule has 5 rings (SSSR count). The minimum atomic E-state index is -0.330. The molecule has 9 heteroatoms. The van der Waals surface area contributed by atoms with Gasteiger partial charge in [0.1, 0.15) is 12.4 Å². The third-order valence-electron chi connectivity index (χ3n) is 5.69. The van der Waals surface area contributed by atoms with E-state index < -0.39 is 0 Å². The minimum absolute atomic E-state index is 0.0158. The molecule has 1 aromatic heterocycles. The molecule has 1 heterocycles. The quantitative estimate of drug-likeness (QED) is 0.107. The number of hydrazone groups is 1. The number of amides is 1. The van der Waals surface area contributed by atoms with Gasteiger partial charge in [-0.25, -0.2) is 10.4 Å². The van der Waals surface area contributed by atoms with Crippen molar-refractivity contribution in [2.75, 3.05) is 5.75 Å². The van der Waals surface area contributed by atoms with Gasteiger partial charge < -0.3 is 4.74 Å². The molecule has 0 aliphatic carbocycles. The van der Waals surface area contributed by atoms with Crippen LogP contribution in [-0.2, 0) is 11.4 Å². The molecule has 0 bridgehead atoms. The van der Waals surface area contributed by atoms with Crippen LogP contribution in [0, 0.1) is 0 Å². The maximum absolute atomic E-state index is 13.3. The zero-order valence-corrected chi connectivity index (χ0v) is 22.2. The van der Waals surface area contributed by atoms with E-state index in [1.54, 1.807) is 48.7 Å². The normalized spacial score (nSPS) is 11.1. The summed E-state index contributed by atoms with van der Waals surface area (Å²) >= 11 is 7.18. The van der Waals surface area contributed by atoms with Crippen molar-refractivity contribution in [2.24, 2.45) is 5.10 Å². The molecule has 1 amide bonds. The van der Waals surface area contributed by atoms with Crippen LogP contribution < -0.4 is 15.7 Å². The highest BCUT2D eigenvalue weighted by molar-refractivity contribution is 7.99. The van der Waals surface area contributed by atoms with E-state index in [0.29, 0.717) is 33.4 Å². The molecular formula is C30H23ClN4O3S. The first-order valence-corrected chi connectivity index (χ1v) is 13.4. The van der Waals surface area contributed by atoms with Crippen molar-refractivity contribution in [3.05, 3.63) is 130 Å². The monoisotopic (exact) mass is 554 g/mol. The van der Waals surface area contributed by atoms with Crippen molar-refractivity contribution >= 4 is 46.4 Å². The topological polar surface area (TPSA) is 85.6 Å². The van der Waals surface area contributed by atoms with E-state index in [-0.39, 0.29) is 17.2 Å². The average molecular weight is 555 g/mol. The number of rotatable bonds is 9. The Bertz CT molecular complexity index is 1670. The first-order chi connectivity index (χ1) is 19.1. The van der Waals surface area contributed by atoms with Crippen LogP contribution in [0.5, 0.6) is 5.75 Å². The third-order valence-corrected chi connectivity index (χ3v) is 6.88. The Kier molecular flexibility index (Phi) is 8.36. The van der Waals surface area contributed by atoms with Crippen LogP contribution in [0.3, 0.4) is 0 Å². The summed E-state index contributed by atoms with van der Waals surface area (Å²) in [7, 11) is 0. The number of halogens is 1. The number of carbonyl (C=O) groups is 1.